The molecule has 0 spiro atoms. The Hall–Kier alpha value is -2.51. The Labute approximate surface area is 121 Å². The molecule has 1 aliphatic rings. The fourth-order valence-corrected chi connectivity index (χ4v) is 2.47. The number of alkyl halides is 1. The van der Waals surface area contributed by atoms with Crippen molar-refractivity contribution in [3.63, 3.8) is 0 Å². The van der Waals surface area contributed by atoms with E-state index in [4.69, 9.17) is 9.84 Å². The van der Waals surface area contributed by atoms with Gasteiger partial charge in [-0.25, -0.2) is 13.6 Å². The van der Waals surface area contributed by atoms with Crippen molar-refractivity contribution in [3.8, 4) is 5.75 Å². The van der Waals surface area contributed by atoms with Crippen molar-refractivity contribution in [1.82, 2.24) is 4.57 Å². The molecule has 22 heavy (non-hydrogen) atoms. The van der Waals surface area contributed by atoms with Gasteiger partial charge in [0, 0.05) is 12.6 Å². The number of rotatable bonds is 3. The molecular formula is C14H10F3NO4. The fraction of sp³-hybridized carbons (Fsp3) is 0.286. The molecule has 8 heteroatoms. The first-order valence-corrected chi connectivity index (χ1v) is 6.35. The summed E-state index contributed by atoms with van der Waals surface area (Å²) in [5.41, 5.74) is -1.77. The van der Waals surface area contributed by atoms with E-state index in [0.717, 1.165) is 17.9 Å². The molecule has 5 nitrogen and oxygen atoms in total. The topological polar surface area (TPSA) is 68.5 Å². The Kier molecular flexibility index (Phi) is 3.12. The van der Waals surface area contributed by atoms with Gasteiger partial charge in [0.15, 0.2) is 11.6 Å². The molecule has 1 N–H and O–H groups in total. The molecule has 0 aliphatic heterocycles. The van der Waals surface area contributed by atoms with Crippen LogP contribution in [0.2, 0.25) is 0 Å². The van der Waals surface area contributed by atoms with Crippen molar-refractivity contribution in [1.29, 1.82) is 0 Å². The monoisotopic (exact) mass is 313 g/mol. The quantitative estimate of drug-likeness (QED) is 0.944. The summed E-state index contributed by atoms with van der Waals surface area (Å²) in [5.74, 6) is -4.74. The smallest absolute Gasteiger partial charge is 0.341 e. The number of fused-ring (bicyclic) bond motifs is 1. The van der Waals surface area contributed by atoms with E-state index < -0.39 is 46.6 Å². The highest BCUT2D eigenvalue weighted by Crippen LogP contribution is 2.42. The number of aromatic carboxylic acids is 1. The van der Waals surface area contributed by atoms with E-state index in [-0.39, 0.29) is 17.3 Å². The molecule has 1 aromatic heterocycles. The van der Waals surface area contributed by atoms with Crippen LogP contribution in [-0.4, -0.2) is 28.9 Å². The number of ether oxygens (including phenoxy) is 1. The zero-order valence-electron chi connectivity index (χ0n) is 11.3. The molecule has 0 unspecified atom stereocenters. The molecule has 2 aromatic rings. The summed E-state index contributed by atoms with van der Waals surface area (Å²) in [5, 5.41) is 8.70. The summed E-state index contributed by atoms with van der Waals surface area (Å²) in [4.78, 5) is 23.3. The van der Waals surface area contributed by atoms with E-state index in [1.807, 2.05) is 0 Å². The molecular weight excluding hydrogens is 303 g/mol. The maximum Gasteiger partial charge on any atom is 0.341 e. The zero-order valence-corrected chi connectivity index (χ0v) is 11.3. The van der Waals surface area contributed by atoms with Gasteiger partial charge in [-0.3, -0.25) is 4.79 Å². The Morgan fingerprint density at radius 2 is 2.09 bits per heavy atom. The molecule has 0 bridgehead atoms. The normalized spacial score (nSPS) is 20.2. The molecule has 1 fully saturated rings. The number of hydrogen-bond donors (Lipinski definition) is 1. The van der Waals surface area contributed by atoms with Crippen LogP contribution in [0.4, 0.5) is 13.2 Å². The van der Waals surface area contributed by atoms with Crippen LogP contribution in [-0.2, 0) is 0 Å². The van der Waals surface area contributed by atoms with Crippen LogP contribution in [0.3, 0.4) is 0 Å². The Balaban J connectivity index is 2.50. The second kappa shape index (κ2) is 4.75. The summed E-state index contributed by atoms with van der Waals surface area (Å²) < 4.78 is 46.8. The first-order chi connectivity index (χ1) is 10.4. The van der Waals surface area contributed by atoms with Crippen LogP contribution < -0.4 is 10.2 Å². The lowest BCUT2D eigenvalue weighted by Gasteiger charge is -2.15. The fourth-order valence-electron chi connectivity index (χ4n) is 2.47. The van der Waals surface area contributed by atoms with E-state index in [1.165, 1.54) is 0 Å². The van der Waals surface area contributed by atoms with Gasteiger partial charge in [-0.15, -0.1) is 0 Å². The Morgan fingerprint density at radius 3 is 2.59 bits per heavy atom. The molecule has 0 saturated heterocycles. The number of benzene rings is 1. The van der Waals surface area contributed by atoms with Crippen molar-refractivity contribution < 1.29 is 27.8 Å². The third-order valence-electron chi connectivity index (χ3n) is 3.64. The average molecular weight is 313 g/mol. The average Bonchev–Trinajstić information content (AvgIpc) is 3.18. The molecule has 1 saturated carbocycles. The molecule has 0 amide bonds. The molecule has 116 valence electrons. The van der Waals surface area contributed by atoms with E-state index in [9.17, 15) is 22.8 Å². The number of carbonyl (C=O) groups is 1. The van der Waals surface area contributed by atoms with Crippen LogP contribution in [0, 0.1) is 11.6 Å². The minimum Gasteiger partial charge on any atom is -0.491 e. The number of methoxy groups -OCH3 is 1. The minimum atomic E-state index is -1.53. The highest BCUT2D eigenvalue weighted by atomic mass is 19.2. The molecule has 1 aliphatic carbocycles. The lowest BCUT2D eigenvalue weighted by molar-refractivity contribution is 0.0694. The van der Waals surface area contributed by atoms with E-state index in [1.54, 1.807) is 0 Å². The number of pyridine rings is 1. The second-order valence-electron chi connectivity index (χ2n) is 5.01. The van der Waals surface area contributed by atoms with Crippen LogP contribution in [0.25, 0.3) is 10.9 Å². The first kappa shape index (κ1) is 14.4. The number of carboxylic acids is 1. The van der Waals surface area contributed by atoms with E-state index in [0.29, 0.717) is 6.07 Å². The maximum atomic E-state index is 13.9. The second-order valence-corrected chi connectivity index (χ2v) is 5.01. The molecule has 3 rings (SSSR count). The zero-order chi connectivity index (χ0) is 16.2. The number of nitrogens with zero attached hydrogens (tertiary/aromatic N) is 1. The molecule has 1 heterocycles. The molecule has 0 radical (unpaired) electrons. The van der Waals surface area contributed by atoms with E-state index >= 15 is 0 Å². The third kappa shape index (κ3) is 1.94. The highest BCUT2D eigenvalue weighted by Gasteiger charge is 2.41. The number of carboxylic acid groups (broad SMARTS) is 1. The van der Waals surface area contributed by atoms with Gasteiger partial charge < -0.3 is 14.4 Å². The SMILES string of the molecule is COc1c(F)c(F)cc2c(=O)c(C(=O)O)cn([C@@H]3C[C@H]3F)c12. The minimum absolute atomic E-state index is 0.0964. The standard InChI is InChI=1S/C14H10F3NO4/c1-22-13-10(17)8(16)2-5-11(13)18(9-3-7(9)15)4-6(12(5)19)14(20)21/h2,4,7,9H,3H2,1H3,(H,20,21)/t7-,9-/m1/s1. The largest absolute Gasteiger partial charge is 0.491 e. The number of hydrogen-bond acceptors (Lipinski definition) is 3. The van der Waals surface area contributed by atoms with Gasteiger partial charge >= 0.3 is 5.97 Å². The summed E-state index contributed by atoms with van der Waals surface area (Å²) in [6, 6.07) is -0.131. The van der Waals surface area contributed by atoms with Gasteiger partial charge in [0.25, 0.3) is 0 Å². The predicted molar refractivity (Wildman–Crippen MR) is 70.2 cm³/mol. The first-order valence-electron chi connectivity index (χ1n) is 6.35. The van der Waals surface area contributed by atoms with E-state index in [2.05, 4.69) is 0 Å². The summed E-state index contributed by atoms with van der Waals surface area (Å²) >= 11 is 0. The van der Waals surface area contributed by atoms with Crippen molar-refractivity contribution >= 4 is 16.9 Å². The van der Waals surface area contributed by atoms with Gasteiger partial charge in [0.05, 0.1) is 24.1 Å². The lowest BCUT2D eigenvalue weighted by Crippen LogP contribution is -2.20. The number of halogens is 3. The lowest BCUT2D eigenvalue weighted by atomic mass is 10.1. The number of aromatic nitrogens is 1. The van der Waals surface area contributed by atoms with Gasteiger partial charge in [0.1, 0.15) is 11.7 Å². The van der Waals surface area contributed by atoms with Crippen LogP contribution in [0.15, 0.2) is 17.1 Å². The third-order valence-corrected chi connectivity index (χ3v) is 3.64. The molecule has 2 atom stereocenters. The van der Waals surface area contributed by atoms with Crippen molar-refractivity contribution in [3.05, 3.63) is 39.7 Å². The van der Waals surface area contributed by atoms with Gasteiger partial charge in [-0.05, 0) is 6.07 Å². The van der Waals surface area contributed by atoms with Crippen LogP contribution in [0.5, 0.6) is 5.75 Å². The van der Waals surface area contributed by atoms with Gasteiger partial charge in [-0.1, -0.05) is 0 Å². The highest BCUT2D eigenvalue weighted by molar-refractivity contribution is 5.94. The molecule has 1 aromatic carbocycles. The van der Waals surface area contributed by atoms with Gasteiger partial charge in [0.2, 0.25) is 11.2 Å². The Morgan fingerprint density at radius 1 is 1.45 bits per heavy atom. The van der Waals surface area contributed by atoms with Crippen molar-refractivity contribution in [2.45, 2.75) is 18.6 Å². The summed E-state index contributed by atoms with van der Waals surface area (Å²) in [7, 11) is 1.08. The van der Waals surface area contributed by atoms with Crippen LogP contribution >= 0.6 is 0 Å². The summed E-state index contributed by atoms with van der Waals surface area (Å²) in [6.45, 7) is 0. The van der Waals surface area contributed by atoms with Crippen molar-refractivity contribution in [2.24, 2.45) is 0 Å². The van der Waals surface area contributed by atoms with Crippen LogP contribution in [0.1, 0.15) is 22.8 Å². The maximum absolute atomic E-state index is 13.9. The summed E-state index contributed by atoms with van der Waals surface area (Å²) in [6.07, 6.45) is -0.207. The van der Waals surface area contributed by atoms with Crippen molar-refractivity contribution in [2.75, 3.05) is 7.11 Å². The van der Waals surface area contributed by atoms with Gasteiger partial charge in [-0.2, -0.15) is 4.39 Å². The Bertz CT molecular complexity index is 862. The predicted octanol–water partition coefficient (Wildman–Crippen LogP) is 2.27.